The van der Waals surface area contributed by atoms with E-state index < -0.39 is 11.2 Å². The molecular formula is C29H29N7O2. The van der Waals surface area contributed by atoms with Crippen LogP contribution in [-0.4, -0.2) is 39.0 Å². The number of nitrogens with one attached hydrogen (secondary N) is 1. The maximum absolute atomic E-state index is 13.7. The first-order valence-corrected chi connectivity index (χ1v) is 12.3. The molecule has 0 saturated heterocycles. The van der Waals surface area contributed by atoms with Gasteiger partial charge in [0.25, 0.3) is 5.56 Å². The van der Waals surface area contributed by atoms with Crippen molar-refractivity contribution in [2.45, 2.75) is 13.1 Å². The number of fused-ring (bicyclic) bond motifs is 1. The number of aromatic nitrogens is 4. The molecule has 0 aliphatic rings. The van der Waals surface area contributed by atoms with Crippen LogP contribution in [0.5, 0.6) is 0 Å². The molecule has 38 heavy (non-hydrogen) atoms. The number of nitrogens with zero attached hydrogens (tertiary/aromatic N) is 6. The molecule has 9 heteroatoms. The van der Waals surface area contributed by atoms with Gasteiger partial charge >= 0.3 is 5.69 Å². The molecule has 0 amide bonds. The van der Waals surface area contributed by atoms with Gasteiger partial charge in [0.05, 0.1) is 19.3 Å². The Morgan fingerprint density at radius 2 is 1.42 bits per heavy atom. The van der Waals surface area contributed by atoms with Crippen molar-refractivity contribution in [3.05, 3.63) is 122 Å². The second kappa shape index (κ2) is 10.6. The number of hydrogen-bond donors (Lipinski definition) is 1. The molecular weight excluding hydrogens is 478 g/mol. The molecule has 0 fully saturated rings. The topological polar surface area (TPSA) is 89.5 Å². The van der Waals surface area contributed by atoms with E-state index in [0.717, 1.165) is 22.4 Å². The fourth-order valence-electron chi connectivity index (χ4n) is 4.31. The lowest BCUT2D eigenvalue weighted by molar-refractivity contribution is 0.653. The Morgan fingerprint density at radius 3 is 2.00 bits per heavy atom. The Morgan fingerprint density at radius 1 is 0.842 bits per heavy atom. The smallest absolute Gasteiger partial charge is 0.332 e. The highest BCUT2D eigenvalue weighted by molar-refractivity contribution is 5.81. The van der Waals surface area contributed by atoms with Crippen molar-refractivity contribution >= 4 is 29.0 Å². The number of benzene rings is 3. The van der Waals surface area contributed by atoms with Crippen LogP contribution in [0, 0.1) is 0 Å². The molecule has 9 nitrogen and oxygen atoms in total. The maximum Gasteiger partial charge on any atom is 0.332 e. The molecule has 0 spiro atoms. The lowest BCUT2D eigenvalue weighted by atomic mass is 10.2. The highest BCUT2D eigenvalue weighted by atomic mass is 16.2. The summed E-state index contributed by atoms with van der Waals surface area (Å²) < 4.78 is 4.44. The number of hydrogen-bond acceptors (Lipinski definition) is 6. The van der Waals surface area contributed by atoms with E-state index in [1.165, 1.54) is 9.13 Å². The third kappa shape index (κ3) is 4.99. The quantitative estimate of drug-likeness (QED) is 0.257. The fraction of sp³-hybridized carbons (Fsp3) is 0.172. The normalized spacial score (nSPS) is 11.3. The predicted octanol–water partition coefficient (Wildman–Crippen LogP) is 3.51. The first-order chi connectivity index (χ1) is 18.4. The van der Waals surface area contributed by atoms with Crippen molar-refractivity contribution in [2.75, 3.05) is 24.4 Å². The van der Waals surface area contributed by atoms with E-state index in [9.17, 15) is 9.59 Å². The molecule has 5 aromatic rings. The fourth-order valence-corrected chi connectivity index (χ4v) is 4.31. The van der Waals surface area contributed by atoms with Crippen molar-refractivity contribution < 1.29 is 0 Å². The van der Waals surface area contributed by atoms with Gasteiger partial charge in [-0.1, -0.05) is 72.8 Å². The molecule has 192 valence electrons. The molecule has 2 aromatic heterocycles. The van der Waals surface area contributed by atoms with Crippen LogP contribution in [0.15, 0.2) is 99.6 Å². The Hall–Kier alpha value is -4.92. The van der Waals surface area contributed by atoms with Gasteiger partial charge < -0.3 is 4.90 Å². The van der Waals surface area contributed by atoms with Crippen molar-refractivity contribution in [3.63, 3.8) is 0 Å². The van der Waals surface area contributed by atoms with Crippen LogP contribution >= 0.6 is 0 Å². The number of rotatable bonds is 8. The maximum atomic E-state index is 13.7. The highest BCUT2D eigenvalue weighted by Crippen LogP contribution is 2.18. The van der Waals surface area contributed by atoms with Crippen LogP contribution in [0.4, 0.5) is 11.6 Å². The molecule has 2 heterocycles. The molecule has 0 atom stereocenters. The number of imidazole rings is 1. The zero-order chi connectivity index (χ0) is 26.6. The first-order valence-electron chi connectivity index (χ1n) is 12.3. The summed E-state index contributed by atoms with van der Waals surface area (Å²) in [7, 11) is 5.61. The summed E-state index contributed by atoms with van der Waals surface area (Å²) in [6.45, 7) is 0.550. The zero-order valence-corrected chi connectivity index (χ0v) is 21.6. The second-order valence-corrected chi connectivity index (χ2v) is 9.25. The molecule has 1 N–H and O–H groups in total. The predicted molar refractivity (Wildman–Crippen MR) is 152 cm³/mol. The summed E-state index contributed by atoms with van der Waals surface area (Å²) in [5.74, 6) is 0.370. The molecule has 3 aromatic carbocycles. The van der Waals surface area contributed by atoms with Crippen molar-refractivity contribution in [3.8, 4) is 0 Å². The van der Waals surface area contributed by atoms with Gasteiger partial charge in [0.15, 0.2) is 11.2 Å². The molecule has 0 saturated carbocycles. The van der Waals surface area contributed by atoms with Crippen LogP contribution in [0.1, 0.15) is 16.7 Å². The van der Waals surface area contributed by atoms with Crippen LogP contribution in [0.2, 0.25) is 0 Å². The lowest BCUT2D eigenvalue weighted by Crippen LogP contribution is -2.40. The molecule has 0 bridgehead atoms. The summed E-state index contributed by atoms with van der Waals surface area (Å²) >= 11 is 0. The van der Waals surface area contributed by atoms with Gasteiger partial charge in [-0.05, 0) is 28.8 Å². The van der Waals surface area contributed by atoms with Gasteiger partial charge in [0, 0.05) is 26.8 Å². The zero-order valence-electron chi connectivity index (χ0n) is 21.6. The Bertz CT molecular complexity index is 1700. The van der Waals surface area contributed by atoms with E-state index in [-0.39, 0.29) is 6.54 Å². The molecule has 0 radical (unpaired) electrons. The summed E-state index contributed by atoms with van der Waals surface area (Å²) in [6, 6.07) is 27.2. The molecule has 5 rings (SSSR count). The van der Waals surface area contributed by atoms with Crippen LogP contribution in [-0.2, 0) is 20.1 Å². The number of hydrazone groups is 1. The molecule has 0 aliphatic carbocycles. The van der Waals surface area contributed by atoms with Crippen LogP contribution < -0.4 is 21.6 Å². The Balaban J connectivity index is 1.58. The number of anilines is 2. The number of aryl methyl sites for hydroxylation is 1. The van der Waals surface area contributed by atoms with Gasteiger partial charge in [-0.3, -0.25) is 18.5 Å². The summed E-state index contributed by atoms with van der Waals surface area (Å²) in [4.78, 5) is 33.6. The van der Waals surface area contributed by atoms with Crippen molar-refractivity contribution in [1.82, 2.24) is 18.7 Å². The first kappa shape index (κ1) is 24.8. The van der Waals surface area contributed by atoms with E-state index in [0.29, 0.717) is 23.7 Å². The van der Waals surface area contributed by atoms with Gasteiger partial charge in [0.1, 0.15) is 0 Å². The monoisotopic (exact) mass is 507 g/mol. The van der Waals surface area contributed by atoms with Gasteiger partial charge in [-0.2, -0.15) is 10.1 Å². The average molecular weight is 508 g/mol. The minimum atomic E-state index is -0.424. The Kier molecular flexibility index (Phi) is 6.90. The SMILES string of the molecule is CN(C)c1ccc(/C=N/Nc2nc3c(c(=O)n(Cc4ccccc4)c(=O)n3C)n2Cc2ccccc2)cc1. The highest BCUT2D eigenvalue weighted by Gasteiger charge is 2.20. The van der Waals surface area contributed by atoms with E-state index >= 15 is 0 Å². The minimum Gasteiger partial charge on any atom is -0.378 e. The molecule has 0 unspecified atom stereocenters. The molecule has 0 aliphatic heterocycles. The second-order valence-electron chi connectivity index (χ2n) is 9.25. The summed E-state index contributed by atoms with van der Waals surface area (Å²) in [6.07, 6.45) is 1.69. The average Bonchev–Trinajstić information content (AvgIpc) is 3.29. The van der Waals surface area contributed by atoms with E-state index in [4.69, 9.17) is 0 Å². The third-order valence-corrected chi connectivity index (χ3v) is 6.39. The summed E-state index contributed by atoms with van der Waals surface area (Å²) in [5, 5.41) is 4.39. The van der Waals surface area contributed by atoms with E-state index in [1.54, 1.807) is 17.8 Å². The largest absolute Gasteiger partial charge is 0.378 e. The van der Waals surface area contributed by atoms with Crippen LogP contribution in [0.25, 0.3) is 11.2 Å². The van der Waals surface area contributed by atoms with E-state index in [2.05, 4.69) is 15.5 Å². The third-order valence-electron chi connectivity index (χ3n) is 6.39. The van der Waals surface area contributed by atoms with Gasteiger partial charge in [0.2, 0.25) is 5.95 Å². The van der Waals surface area contributed by atoms with Gasteiger partial charge in [-0.25, -0.2) is 10.2 Å². The van der Waals surface area contributed by atoms with Crippen molar-refractivity contribution in [2.24, 2.45) is 12.1 Å². The van der Waals surface area contributed by atoms with Gasteiger partial charge in [-0.15, -0.1) is 0 Å². The standard InChI is InChI=1S/C29H29N7O2/c1-33(2)24-16-14-21(15-17-24)18-30-32-28-31-26-25(35(28)19-22-10-6-4-7-11-22)27(37)36(29(38)34(26)3)20-23-12-8-5-9-13-23/h4-18H,19-20H2,1-3H3,(H,31,32)/b30-18+. The van der Waals surface area contributed by atoms with Crippen molar-refractivity contribution in [1.29, 1.82) is 0 Å². The van der Waals surface area contributed by atoms with Crippen LogP contribution in [0.3, 0.4) is 0 Å². The Labute approximate surface area is 219 Å². The van der Waals surface area contributed by atoms with E-state index in [1.807, 2.05) is 104 Å². The lowest BCUT2D eigenvalue weighted by Gasteiger charge is -2.12. The summed E-state index contributed by atoms with van der Waals surface area (Å²) in [5.41, 5.74) is 6.66. The minimum absolute atomic E-state index is 0.169.